The first-order chi connectivity index (χ1) is 37.2. The van der Waals surface area contributed by atoms with Gasteiger partial charge in [-0.15, -0.1) is 12.4 Å². The summed E-state index contributed by atoms with van der Waals surface area (Å²) in [6.45, 7) is 5.62. The number of carbonyl (C=O) groups is 2. The monoisotopic (exact) mass is 1160 g/mol. The van der Waals surface area contributed by atoms with Gasteiger partial charge in [-0.2, -0.15) is 0 Å². The van der Waals surface area contributed by atoms with Crippen LogP contribution in [-0.2, 0) is 25.1 Å². The summed E-state index contributed by atoms with van der Waals surface area (Å²) in [6, 6.07) is 19.0. The lowest BCUT2D eigenvalue weighted by molar-refractivity contribution is 0.0684. The van der Waals surface area contributed by atoms with Crippen molar-refractivity contribution < 1.29 is 48.3 Å². The van der Waals surface area contributed by atoms with Gasteiger partial charge in [-0.25, -0.2) is 18.4 Å². The number of aliphatic hydroxyl groups is 2. The molecule has 6 heterocycles. The third kappa shape index (κ3) is 11.4. The lowest BCUT2D eigenvalue weighted by atomic mass is 9.91. The van der Waals surface area contributed by atoms with E-state index < -0.39 is 34.4 Å². The minimum absolute atomic E-state index is 0. The Balaban J connectivity index is 0.000000163. The molecule has 0 radical (unpaired) electrons. The number of nitrogens with zero attached hydrogens (tertiary/aromatic N) is 5. The molecule has 4 aliphatic heterocycles. The summed E-state index contributed by atoms with van der Waals surface area (Å²) in [6.07, 6.45) is 10.7. The van der Waals surface area contributed by atoms with Crippen LogP contribution in [0, 0.1) is 23.5 Å². The Morgan fingerprint density at radius 3 is 1.56 bits per heavy atom. The normalized spacial score (nSPS) is 20.7. The van der Waals surface area contributed by atoms with E-state index in [-0.39, 0.29) is 65.6 Å². The molecule has 0 bridgehead atoms. The number of aromatic carboxylic acids is 2. The number of anilines is 2. The zero-order valence-electron chi connectivity index (χ0n) is 43.6. The molecular formula is C58H66BrClF2N6O10. The van der Waals surface area contributed by atoms with E-state index in [0.717, 1.165) is 94.0 Å². The molecule has 0 amide bonds. The van der Waals surface area contributed by atoms with E-state index in [1.165, 1.54) is 49.9 Å². The SMILES string of the molecule is COc1c(N2C[C@@H]3CCCN(Cc4ccc(CO)cc4)[C@@H]3C2)c(F)cc2c(=O)c(C(=O)O)cn(C3CC3)c12.COc1c(N2C[C@@H]3CCCN[C@@H]3C2)c(F)cc2c(=O)c(C(=O)O)cn(C3CC3)c12.Cl.OCc1ccc(CBr)cc1. The molecule has 4 saturated heterocycles. The highest BCUT2D eigenvalue weighted by Gasteiger charge is 2.42. The number of likely N-dealkylation sites (tertiary alicyclic amines) is 1. The molecule has 0 unspecified atom stereocenters. The number of aromatic nitrogens is 2. The number of piperidine rings is 2. The van der Waals surface area contributed by atoms with Gasteiger partial charge < -0.3 is 54.2 Å². The molecule has 20 heteroatoms. The maximum Gasteiger partial charge on any atom is 0.341 e. The third-order valence-corrected chi connectivity index (χ3v) is 16.9. The van der Waals surface area contributed by atoms with Crippen LogP contribution in [0.3, 0.4) is 0 Å². The third-order valence-electron chi connectivity index (χ3n) is 16.2. The summed E-state index contributed by atoms with van der Waals surface area (Å²) < 4.78 is 46.2. The van der Waals surface area contributed by atoms with Crippen molar-refractivity contribution >= 4 is 73.5 Å². The molecule has 4 atom stereocenters. The predicted octanol–water partition coefficient (Wildman–Crippen LogP) is 8.64. The van der Waals surface area contributed by atoms with Gasteiger partial charge in [0.1, 0.15) is 22.5 Å². The van der Waals surface area contributed by atoms with Crippen LogP contribution in [0.5, 0.6) is 11.5 Å². The topological polar surface area (TPSA) is 199 Å². The van der Waals surface area contributed by atoms with Gasteiger partial charge in [-0.05, 0) is 111 Å². The summed E-state index contributed by atoms with van der Waals surface area (Å²) in [7, 11) is 2.96. The van der Waals surface area contributed by atoms with Crippen molar-refractivity contribution in [2.75, 3.05) is 63.3 Å². The van der Waals surface area contributed by atoms with E-state index in [9.17, 15) is 34.5 Å². The Hall–Kier alpha value is -6.09. The minimum Gasteiger partial charge on any atom is -0.492 e. The van der Waals surface area contributed by atoms with Gasteiger partial charge >= 0.3 is 11.9 Å². The number of fused-ring (bicyclic) bond motifs is 4. The van der Waals surface area contributed by atoms with Crippen LogP contribution in [0.2, 0.25) is 0 Å². The second-order valence-electron chi connectivity index (χ2n) is 21.2. The molecule has 12 rings (SSSR count). The average molecular weight is 1160 g/mol. The molecule has 6 fully saturated rings. The number of benzene rings is 4. The van der Waals surface area contributed by atoms with Crippen LogP contribution >= 0.6 is 28.3 Å². The summed E-state index contributed by atoms with van der Waals surface area (Å²) in [5.74, 6) is -2.28. The van der Waals surface area contributed by atoms with Crippen molar-refractivity contribution in [3.63, 3.8) is 0 Å². The minimum atomic E-state index is -1.32. The molecule has 416 valence electrons. The van der Waals surface area contributed by atoms with Crippen LogP contribution < -0.4 is 35.4 Å². The number of hydrogen-bond donors (Lipinski definition) is 5. The molecule has 6 aromatic rings. The van der Waals surface area contributed by atoms with E-state index in [0.29, 0.717) is 71.4 Å². The fourth-order valence-corrected chi connectivity index (χ4v) is 12.4. The Kier molecular flexibility index (Phi) is 17.5. The Bertz CT molecular complexity index is 3280. The number of pyridine rings is 2. The fraction of sp³-hybridized carbons (Fsp3) is 0.448. The Morgan fingerprint density at radius 2 is 1.12 bits per heavy atom. The number of carboxylic acid groups (broad SMARTS) is 2. The van der Waals surface area contributed by atoms with Crippen LogP contribution in [0.25, 0.3) is 21.8 Å². The highest BCUT2D eigenvalue weighted by Crippen LogP contribution is 2.47. The Labute approximate surface area is 464 Å². The van der Waals surface area contributed by atoms with Crippen molar-refractivity contribution in [2.24, 2.45) is 11.8 Å². The number of rotatable bonds is 13. The van der Waals surface area contributed by atoms with Gasteiger partial charge in [0.2, 0.25) is 10.9 Å². The Morgan fingerprint density at radius 1 is 0.654 bits per heavy atom. The fourth-order valence-electron chi connectivity index (χ4n) is 12.0. The number of halogens is 4. The number of methoxy groups -OCH3 is 2. The first-order valence-electron chi connectivity index (χ1n) is 26.5. The summed E-state index contributed by atoms with van der Waals surface area (Å²) in [5.41, 5.74) is 3.87. The molecular weight excluding hydrogens is 1090 g/mol. The van der Waals surface area contributed by atoms with Gasteiger partial charge in [0.05, 0.1) is 49.2 Å². The highest BCUT2D eigenvalue weighted by atomic mass is 79.9. The standard InChI is InChI=1S/C29H32FN3O5.C21H24FN3O4.C8H9BrO.ClH/c1-38-28-25-21(27(35)22(29(36)37)14-33(25)20-8-9-20)11-23(30)26(28)32-13-19-3-2-10-31(24(19)15-32)12-17-4-6-18(16-34)7-5-17;1-29-20-17-13(19(26)14(21(27)28)9-25(17)12-4-5-12)7-15(22)18(20)24-8-11-3-2-6-23-16(11)10-24;9-5-7-1-3-8(6-10)4-2-7;/h4-7,11,14,19-20,24,34H,2-3,8-10,12-13,15-16H2,1H3,(H,36,37);7,9,11-12,16,23H,2-6,8,10H2,1H3,(H,27,28);1-4,10H,5-6H2;1H/t19-,24+;11-,16+;;/m00../s1. The van der Waals surface area contributed by atoms with Crippen LogP contribution in [0.15, 0.2) is 82.6 Å². The summed E-state index contributed by atoms with van der Waals surface area (Å²) in [5, 5.41) is 41.6. The largest absolute Gasteiger partial charge is 0.492 e. The van der Waals surface area contributed by atoms with Gasteiger partial charge in [-0.1, -0.05) is 64.5 Å². The average Bonchev–Trinajstić information content (AvgIpc) is 4.47. The van der Waals surface area contributed by atoms with Crippen molar-refractivity contribution in [3.05, 3.63) is 139 Å². The van der Waals surface area contributed by atoms with Crippen LogP contribution in [0.1, 0.15) is 106 Å². The maximum atomic E-state index is 15.8. The first-order valence-corrected chi connectivity index (χ1v) is 27.7. The number of carboxylic acids is 2. The van der Waals surface area contributed by atoms with Crippen LogP contribution in [0.4, 0.5) is 20.2 Å². The number of ether oxygens (including phenoxy) is 2. The second kappa shape index (κ2) is 24.1. The summed E-state index contributed by atoms with van der Waals surface area (Å²) >= 11 is 3.34. The number of aliphatic hydroxyl groups excluding tert-OH is 2. The predicted molar refractivity (Wildman–Crippen MR) is 300 cm³/mol. The van der Waals surface area contributed by atoms with Gasteiger partial charge in [-0.3, -0.25) is 14.5 Å². The lowest BCUT2D eigenvalue weighted by Crippen LogP contribution is -2.44. The van der Waals surface area contributed by atoms with Gasteiger partial charge in [0, 0.05) is 74.6 Å². The van der Waals surface area contributed by atoms with E-state index in [1.54, 1.807) is 9.13 Å². The molecule has 2 aromatic heterocycles. The molecule has 0 spiro atoms. The number of hydrogen-bond acceptors (Lipinski definition) is 12. The molecule has 4 aromatic carbocycles. The maximum absolute atomic E-state index is 15.8. The van der Waals surface area contributed by atoms with E-state index in [1.807, 2.05) is 46.2 Å². The van der Waals surface area contributed by atoms with E-state index >= 15 is 8.78 Å². The number of nitrogens with one attached hydrogen (secondary N) is 1. The van der Waals surface area contributed by atoms with Crippen molar-refractivity contribution in [1.82, 2.24) is 19.4 Å². The van der Waals surface area contributed by atoms with E-state index in [4.69, 9.17) is 14.6 Å². The quantitative estimate of drug-likeness (QED) is 0.0689. The highest BCUT2D eigenvalue weighted by molar-refractivity contribution is 9.08. The molecule has 2 aliphatic carbocycles. The molecule has 2 saturated carbocycles. The molecule has 6 aliphatic rings. The lowest BCUT2D eigenvalue weighted by Gasteiger charge is -2.36. The second-order valence-corrected chi connectivity index (χ2v) is 21.8. The molecule has 78 heavy (non-hydrogen) atoms. The van der Waals surface area contributed by atoms with Crippen LogP contribution in [-0.4, -0.2) is 112 Å². The van der Waals surface area contributed by atoms with Crippen molar-refractivity contribution in [1.29, 1.82) is 0 Å². The zero-order valence-corrected chi connectivity index (χ0v) is 46.0. The molecule has 5 N–H and O–H groups in total. The zero-order chi connectivity index (χ0) is 54.2. The van der Waals surface area contributed by atoms with Crippen molar-refractivity contribution in [3.8, 4) is 11.5 Å². The number of alkyl halides is 1. The summed E-state index contributed by atoms with van der Waals surface area (Å²) in [4.78, 5) is 55.6. The molecule has 16 nitrogen and oxygen atoms in total. The van der Waals surface area contributed by atoms with E-state index in [2.05, 4.69) is 38.3 Å². The van der Waals surface area contributed by atoms with Crippen molar-refractivity contribution in [2.45, 2.75) is 101 Å². The van der Waals surface area contributed by atoms with Gasteiger partial charge in [0.15, 0.2) is 23.1 Å². The first kappa shape index (κ1) is 56.6. The smallest absolute Gasteiger partial charge is 0.341 e. The van der Waals surface area contributed by atoms with Gasteiger partial charge in [0.25, 0.3) is 0 Å².